The van der Waals surface area contributed by atoms with Crippen LogP contribution in [0.5, 0.6) is 23.0 Å². The van der Waals surface area contributed by atoms with Crippen LogP contribution in [-0.4, -0.2) is 36.2 Å². The molecule has 4 N–H and O–H groups in total. The molecule has 0 saturated carbocycles. The van der Waals surface area contributed by atoms with Gasteiger partial charge in [-0.05, 0) is 145 Å². The van der Waals surface area contributed by atoms with Gasteiger partial charge in [0.2, 0.25) is 0 Å². The topological polar surface area (TPSA) is 169 Å². The molecule has 0 spiro atoms. The number of carbonyl (C=O) groups excluding carboxylic acids is 6. The molecule has 0 aliphatic heterocycles. The SMILES string of the molecule is C#Cc1cccc(NC(=O)c2cc(C(=O)Nc3ccc(Oc4ccc(C(C)(C)c5ccc(Oc6ccc(NC(=O)c7ccc(C=O)c(C(=O)Nc8cccc(C#C)c8)c7)cc6)cc5)cc4)cc3)ccc2C=O)c1. The minimum Gasteiger partial charge on any atom is -0.457 e. The molecular weight excluding hydrogens is 917 g/mol. The van der Waals surface area contributed by atoms with Crippen LogP contribution in [-0.2, 0) is 5.41 Å². The summed E-state index contributed by atoms with van der Waals surface area (Å²) in [7, 11) is 0. The van der Waals surface area contributed by atoms with Crippen LogP contribution in [0.1, 0.15) is 98.2 Å². The number of aldehydes is 2. The monoisotopic (exact) mass is 960 g/mol. The highest BCUT2D eigenvalue weighted by molar-refractivity contribution is 6.13. The molecule has 8 rings (SSSR count). The molecule has 0 radical (unpaired) electrons. The quantitative estimate of drug-likeness (QED) is 0.0548. The fourth-order valence-electron chi connectivity index (χ4n) is 7.70. The molecule has 0 bridgehead atoms. The van der Waals surface area contributed by atoms with Gasteiger partial charge in [0, 0.05) is 61.5 Å². The van der Waals surface area contributed by atoms with Gasteiger partial charge < -0.3 is 30.7 Å². The Kier molecular flexibility index (Phi) is 14.8. The lowest BCUT2D eigenvalue weighted by atomic mass is 9.78. The number of hydrogen-bond donors (Lipinski definition) is 4. The average molecular weight is 961 g/mol. The normalized spacial score (nSPS) is 10.6. The summed E-state index contributed by atoms with van der Waals surface area (Å²) in [6, 6.07) is 51.3. The highest BCUT2D eigenvalue weighted by Gasteiger charge is 2.24. The summed E-state index contributed by atoms with van der Waals surface area (Å²) >= 11 is 0. The van der Waals surface area contributed by atoms with Crippen molar-refractivity contribution in [2.45, 2.75) is 19.3 Å². The van der Waals surface area contributed by atoms with Crippen LogP contribution in [0.2, 0.25) is 0 Å². The summed E-state index contributed by atoms with van der Waals surface area (Å²) in [4.78, 5) is 76.3. The fraction of sp³-hybridized carbons (Fsp3) is 0.0492. The number of anilines is 4. The van der Waals surface area contributed by atoms with Crippen LogP contribution in [0.15, 0.2) is 182 Å². The van der Waals surface area contributed by atoms with Gasteiger partial charge in [-0.15, -0.1) is 12.8 Å². The Morgan fingerprint density at radius 2 is 0.767 bits per heavy atom. The van der Waals surface area contributed by atoms with E-state index in [1.54, 1.807) is 97.1 Å². The van der Waals surface area contributed by atoms with Crippen LogP contribution >= 0.6 is 0 Å². The lowest BCUT2D eigenvalue weighted by Gasteiger charge is -2.26. The number of benzene rings is 8. The first-order valence-corrected chi connectivity index (χ1v) is 22.7. The van der Waals surface area contributed by atoms with Crippen molar-refractivity contribution in [1.82, 2.24) is 0 Å². The smallest absolute Gasteiger partial charge is 0.256 e. The van der Waals surface area contributed by atoms with Crippen LogP contribution in [0, 0.1) is 24.7 Å². The molecule has 0 fully saturated rings. The molecule has 8 aromatic carbocycles. The van der Waals surface area contributed by atoms with Gasteiger partial charge in [-0.1, -0.05) is 74.2 Å². The second-order valence-electron chi connectivity index (χ2n) is 17.0. The Morgan fingerprint density at radius 3 is 1.11 bits per heavy atom. The number of rotatable bonds is 16. The van der Waals surface area contributed by atoms with E-state index in [1.165, 1.54) is 36.4 Å². The maximum absolute atomic E-state index is 13.2. The van der Waals surface area contributed by atoms with E-state index < -0.39 is 23.6 Å². The van der Waals surface area contributed by atoms with Gasteiger partial charge in [0.25, 0.3) is 23.6 Å². The Bertz CT molecular complexity index is 3260. The van der Waals surface area contributed by atoms with Crippen molar-refractivity contribution in [3.05, 3.63) is 238 Å². The van der Waals surface area contributed by atoms with E-state index in [1.807, 2.05) is 48.5 Å². The third-order valence-corrected chi connectivity index (χ3v) is 11.8. The van der Waals surface area contributed by atoms with E-state index in [2.05, 4.69) is 47.0 Å². The van der Waals surface area contributed by atoms with E-state index >= 15 is 0 Å². The summed E-state index contributed by atoms with van der Waals surface area (Å²) < 4.78 is 12.2. The molecule has 12 nitrogen and oxygen atoms in total. The number of amides is 4. The van der Waals surface area contributed by atoms with E-state index in [0.29, 0.717) is 69.4 Å². The highest BCUT2D eigenvalue weighted by Crippen LogP contribution is 2.35. The first-order valence-electron chi connectivity index (χ1n) is 22.7. The van der Waals surface area contributed by atoms with Crippen molar-refractivity contribution in [2.24, 2.45) is 0 Å². The van der Waals surface area contributed by atoms with E-state index in [4.69, 9.17) is 22.3 Å². The fourth-order valence-corrected chi connectivity index (χ4v) is 7.70. The van der Waals surface area contributed by atoms with Crippen molar-refractivity contribution >= 4 is 59.0 Å². The van der Waals surface area contributed by atoms with Crippen LogP contribution < -0.4 is 30.7 Å². The highest BCUT2D eigenvalue weighted by atomic mass is 16.5. The first-order chi connectivity index (χ1) is 35.3. The van der Waals surface area contributed by atoms with Gasteiger partial charge in [0.05, 0.1) is 11.1 Å². The van der Waals surface area contributed by atoms with Gasteiger partial charge in [0.15, 0.2) is 12.6 Å². The predicted molar refractivity (Wildman–Crippen MR) is 282 cm³/mol. The molecule has 0 atom stereocenters. The zero-order chi connectivity index (χ0) is 51.5. The molecule has 8 aromatic rings. The van der Waals surface area contributed by atoms with Gasteiger partial charge in [-0.3, -0.25) is 28.8 Å². The molecule has 0 aliphatic rings. The van der Waals surface area contributed by atoms with Crippen molar-refractivity contribution in [1.29, 1.82) is 0 Å². The lowest BCUT2D eigenvalue weighted by molar-refractivity contribution is 0.100. The molecule has 0 unspecified atom stereocenters. The Labute approximate surface area is 421 Å². The summed E-state index contributed by atoms with van der Waals surface area (Å²) in [5.41, 5.74) is 5.47. The van der Waals surface area contributed by atoms with Crippen LogP contribution in [0.25, 0.3) is 0 Å². The molecule has 356 valence electrons. The summed E-state index contributed by atoms with van der Waals surface area (Å²) in [5, 5.41) is 11.1. The van der Waals surface area contributed by atoms with Crippen LogP contribution in [0.4, 0.5) is 22.7 Å². The zero-order valence-corrected chi connectivity index (χ0v) is 39.4. The molecule has 0 aliphatic carbocycles. The van der Waals surface area contributed by atoms with E-state index in [0.717, 1.165) is 11.1 Å². The molecule has 73 heavy (non-hydrogen) atoms. The van der Waals surface area contributed by atoms with Crippen LogP contribution in [0.3, 0.4) is 0 Å². The Morgan fingerprint density at radius 1 is 0.425 bits per heavy atom. The van der Waals surface area contributed by atoms with Crippen molar-refractivity contribution in [3.63, 3.8) is 0 Å². The minimum atomic E-state index is -0.563. The molecular formula is C61H44N4O8. The summed E-state index contributed by atoms with van der Waals surface area (Å²) in [5.74, 6) is 5.27. The average Bonchev–Trinajstić information content (AvgIpc) is 3.41. The second kappa shape index (κ2) is 22.0. The third kappa shape index (κ3) is 11.9. The summed E-state index contributed by atoms with van der Waals surface area (Å²) in [6.07, 6.45) is 12.1. The number of carbonyl (C=O) groups is 6. The first kappa shape index (κ1) is 49.1. The van der Waals surface area contributed by atoms with Gasteiger partial charge in [-0.25, -0.2) is 0 Å². The third-order valence-electron chi connectivity index (χ3n) is 11.8. The molecule has 0 heterocycles. The van der Waals surface area contributed by atoms with Crippen molar-refractivity contribution in [3.8, 4) is 47.7 Å². The number of nitrogens with one attached hydrogen (secondary N) is 4. The summed E-state index contributed by atoms with van der Waals surface area (Å²) in [6.45, 7) is 4.25. The van der Waals surface area contributed by atoms with E-state index in [-0.39, 0.29) is 38.8 Å². The molecule has 0 saturated heterocycles. The predicted octanol–water partition coefficient (Wildman–Crippen LogP) is 12.2. The van der Waals surface area contributed by atoms with Gasteiger partial charge >= 0.3 is 0 Å². The Balaban J connectivity index is 0.831. The Hall–Kier alpha value is -10.3. The lowest BCUT2D eigenvalue weighted by Crippen LogP contribution is -2.18. The largest absolute Gasteiger partial charge is 0.457 e. The second-order valence-corrected chi connectivity index (χ2v) is 17.0. The van der Waals surface area contributed by atoms with Crippen molar-refractivity contribution < 1.29 is 38.2 Å². The standard InChI is InChI=1S/C61H44N4O8/c1-5-39-9-7-11-49(33-39)64-59(70)55-35-41(13-15-43(55)37-66)57(68)62-47-21-29-53(30-22-47)72-51-25-17-45(18-26-51)61(3,4)46-19-27-52(28-20-46)73-54-31-23-48(24-32-54)63-58(69)42-14-16-44(38-67)56(36-42)60(71)65-50-12-8-10-40(6-2)34-50/h1-2,7-38H,3-4H3,(H,62,68)(H,63,69)(H,64,70)(H,65,71). The zero-order valence-electron chi connectivity index (χ0n) is 39.4. The maximum Gasteiger partial charge on any atom is 0.256 e. The number of ether oxygens (including phenoxy) is 2. The van der Waals surface area contributed by atoms with E-state index in [9.17, 15) is 28.8 Å². The number of hydrogen-bond acceptors (Lipinski definition) is 8. The number of terminal acetylenes is 2. The minimum absolute atomic E-state index is 0.0383. The molecule has 4 amide bonds. The van der Waals surface area contributed by atoms with Gasteiger partial charge in [-0.2, -0.15) is 0 Å². The molecule has 0 aromatic heterocycles. The van der Waals surface area contributed by atoms with Gasteiger partial charge in [0.1, 0.15) is 23.0 Å². The van der Waals surface area contributed by atoms with Crippen molar-refractivity contribution in [2.75, 3.05) is 21.3 Å². The molecule has 12 heteroatoms. The maximum atomic E-state index is 13.2.